The molecule has 1 aliphatic rings. The van der Waals surface area contributed by atoms with Gasteiger partial charge >= 0.3 is 0 Å². The Morgan fingerprint density at radius 2 is 2.00 bits per heavy atom. The number of rotatable bonds is 5. The van der Waals surface area contributed by atoms with Gasteiger partial charge in [-0.25, -0.2) is 0 Å². The van der Waals surface area contributed by atoms with Gasteiger partial charge in [0.1, 0.15) is 6.04 Å². The van der Waals surface area contributed by atoms with Crippen molar-refractivity contribution in [2.75, 3.05) is 12.9 Å². The Morgan fingerprint density at radius 1 is 1.41 bits per heavy atom. The molecule has 0 radical (unpaired) electrons. The van der Waals surface area contributed by atoms with E-state index in [1.165, 1.54) is 30.6 Å². The molecule has 0 aromatic carbocycles. The van der Waals surface area contributed by atoms with Crippen LogP contribution >= 0.6 is 11.8 Å². The average Bonchev–Trinajstić information content (AvgIpc) is 2.77. The summed E-state index contributed by atoms with van der Waals surface area (Å²) in [4.78, 5) is 37.2. The number of hydrogen-bond acceptors (Lipinski definition) is 5. The lowest BCUT2D eigenvalue weighted by atomic mass is 9.99. The van der Waals surface area contributed by atoms with Gasteiger partial charge in [0.25, 0.3) is 5.91 Å². The van der Waals surface area contributed by atoms with Gasteiger partial charge in [0.2, 0.25) is 11.8 Å². The lowest BCUT2D eigenvalue weighted by Gasteiger charge is -2.32. The van der Waals surface area contributed by atoms with Gasteiger partial charge in [-0.1, -0.05) is 6.92 Å². The summed E-state index contributed by atoms with van der Waals surface area (Å²) in [7, 11) is 1.52. The number of amides is 3. The zero-order valence-corrected chi connectivity index (χ0v) is 14.5. The van der Waals surface area contributed by atoms with Crippen LogP contribution in [0.2, 0.25) is 0 Å². The van der Waals surface area contributed by atoms with Gasteiger partial charge in [-0.2, -0.15) is 0 Å². The van der Waals surface area contributed by atoms with E-state index in [4.69, 9.17) is 0 Å². The molecule has 0 aromatic rings. The Labute approximate surface area is 135 Å². The lowest BCUT2D eigenvalue weighted by molar-refractivity contribution is -0.147. The molecule has 1 heterocycles. The van der Waals surface area contributed by atoms with E-state index < -0.39 is 28.8 Å². The number of aliphatic hydroxyl groups is 1. The molecule has 1 aliphatic heterocycles. The first-order valence-electron chi connectivity index (χ1n) is 7.26. The molecule has 0 saturated carbocycles. The number of nitrogens with one attached hydrogen (secondary N) is 2. The highest BCUT2D eigenvalue weighted by atomic mass is 32.2. The highest BCUT2D eigenvalue weighted by molar-refractivity contribution is 8.00. The first-order valence-corrected chi connectivity index (χ1v) is 8.25. The van der Waals surface area contributed by atoms with Crippen LogP contribution in [0.4, 0.5) is 0 Å². The second kappa shape index (κ2) is 7.32. The highest BCUT2D eigenvalue weighted by Gasteiger charge is 2.49. The van der Waals surface area contributed by atoms with E-state index in [2.05, 4.69) is 10.6 Å². The zero-order chi connectivity index (χ0) is 17.1. The van der Waals surface area contributed by atoms with Gasteiger partial charge < -0.3 is 20.6 Å². The summed E-state index contributed by atoms with van der Waals surface area (Å²) >= 11 is 1.48. The largest absolute Gasteiger partial charge is 0.381 e. The fraction of sp³-hybridized carbons (Fsp3) is 0.786. The van der Waals surface area contributed by atoms with Crippen LogP contribution in [0.25, 0.3) is 0 Å². The van der Waals surface area contributed by atoms with Crippen molar-refractivity contribution >= 4 is 29.5 Å². The van der Waals surface area contributed by atoms with Crippen molar-refractivity contribution in [3.05, 3.63) is 0 Å². The molecular formula is C14H25N3O4S. The zero-order valence-electron chi connectivity index (χ0n) is 13.7. The summed E-state index contributed by atoms with van der Waals surface area (Å²) in [6.07, 6.45) is -0.947. The van der Waals surface area contributed by atoms with Crippen molar-refractivity contribution in [1.82, 2.24) is 15.5 Å². The third-order valence-corrected chi connectivity index (χ3v) is 5.16. The van der Waals surface area contributed by atoms with E-state index in [0.29, 0.717) is 12.3 Å². The van der Waals surface area contributed by atoms with E-state index in [0.717, 1.165) is 0 Å². The van der Waals surface area contributed by atoms with Crippen molar-refractivity contribution in [3.8, 4) is 0 Å². The molecule has 3 amide bonds. The smallest absolute Gasteiger partial charge is 0.254 e. The van der Waals surface area contributed by atoms with Crippen LogP contribution in [-0.2, 0) is 14.4 Å². The normalized spacial score (nSPS) is 22.8. The van der Waals surface area contributed by atoms with Crippen LogP contribution < -0.4 is 10.6 Å². The standard InChI is InChI=1S/C14H25N3O4S/c1-6-9(16-8(2)18)10(19)13(21)17-7-22-14(3,4)11(17)12(20)15-5/h9-11,19H,6-7H2,1-5H3,(H,15,20)(H,16,18)/t9-,10-,11?/m0/s1. The van der Waals surface area contributed by atoms with Crippen LogP contribution in [0.5, 0.6) is 0 Å². The number of likely N-dealkylation sites (N-methyl/N-ethyl adjacent to an activating group) is 1. The Morgan fingerprint density at radius 3 is 2.45 bits per heavy atom. The second-order valence-electron chi connectivity index (χ2n) is 5.86. The first-order chi connectivity index (χ1) is 10.2. The van der Waals surface area contributed by atoms with Crippen LogP contribution in [0.15, 0.2) is 0 Å². The van der Waals surface area contributed by atoms with Crippen LogP contribution in [-0.4, -0.2) is 63.6 Å². The molecule has 1 fully saturated rings. The molecule has 0 spiro atoms. The van der Waals surface area contributed by atoms with Gasteiger partial charge in [-0.05, 0) is 20.3 Å². The first kappa shape index (κ1) is 18.8. The SMILES string of the molecule is CC[C@H](NC(C)=O)[C@H](O)C(=O)N1CSC(C)(C)C1C(=O)NC. The summed E-state index contributed by atoms with van der Waals surface area (Å²) in [5, 5.41) is 15.4. The van der Waals surface area contributed by atoms with E-state index in [1.54, 1.807) is 6.92 Å². The minimum atomic E-state index is -1.37. The molecule has 7 nitrogen and oxygen atoms in total. The molecule has 3 atom stereocenters. The molecule has 126 valence electrons. The van der Waals surface area contributed by atoms with Crippen LogP contribution in [0, 0.1) is 0 Å². The Kier molecular flexibility index (Phi) is 6.25. The highest BCUT2D eigenvalue weighted by Crippen LogP contribution is 2.39. The maximum atomic E-state index is 12.6. The summed E-state index contributed by atoms with van der Waals surface area (Å²) in [5.41, 5.74) is 0. The number of hydrogen-bond donors (Lipinski definition) is 3. The molecule has 8 heteroatoms. The molecule has 3 N–H and O–H groups in total. The van der Waals surface area contributed by atoms with Crippen LogP contribution in [0.1, 0.15) is 34.1 Å². The molecule has 1 saturated heterocycles. The summed E-state index contributed by atoms with van der Waals surface area (Å²) < 4.78 is -0.439. The average molecular weight is 331 g/mol. The number of carbonyl (C=O) groups excluding carboxylic acids is 3. The number of nitrogens with zero attached hydrogens (tertiary/aromatic N) is 1. The van der Waals surface area contributed by atoms with E-state index in [1.807, 2.05) is 13.8 Å². The lowest BCUT2D eigenvalue weighted by Crippen LogP contribution is -2.57. The van der Waals surface area contributed by atoms with Gasteiger partial charge in [-0.3, -0.25) is 14.4 Å². The van der Waals surface area contributed by atoms with Gasteiger partial charge in [-0.15, -0.1) is 11.8 Å². The van der Waals surface area contributed by atoms with Crippen molar-refractivity contribution in [2.45, 2.75) is 57.1 Å². The Hall–Kier alpha value is -1.28. The van der Waals surface area contributed by atoms with Crippen molar-refractivity contribution in [3.63, 3.8) is 0 Å². The number of thioether (sulfide) groups is 1. The van der Waals surface area contributed by atoms with E-state index in [-0.39, 0.29) is 11.8 Å². The van der Waals surface area contributed by atoms with E-state index >= 15 is 0 Å². The Bertz CT molecular complexity index is 455. The van der Waals surface area contributed by atoms with Crippen molar-refractivity contribution in [2.24, 2.45) is 0 Å². The second-order valence-corrected chi connectivity index (χ2v) is 7.46. The Balaban J connectivity index is 2.95. The summed E-state index contributed by atoms with van der Waals surface area (Å²) in [6, 6.07) is -1.32. The molecule has 0 bridgehead atoms. The maximum absolute atomic E-state index is 12.6. The molecule has 1 unspecified atom stereocenters. The fourth-order valence-corrected chi connectivity index (χ4v) is 3.70. The van der Waals surface area contributed by atoms with Gasteiger partial charge in [0, 0.05) is 18.7 Å². The minimum absolute atomic E-state index is 0.261. The molecule has 0 aromatic heterocycles. The molecule has 22 heavy (non-hydrogen) atoms. The van der Waals surface area contributed by atoms with Crippen molar-refractivity contribution in [1.29, 1.82) is 0 Å². The fourth-order valence-electron chi connectivity index (χ4n) is 2.56. The predicted molar refractivity (Wildman–Crippen MR) is 85.1 cm³/mol. The summed E-state index contributed by atoms with van der Waals surface area (Å²) in [6.45, 7) is 6.89. The molecule has 1 rings (SSSR count). The predicted octanol–water partition coefficient (Wildman–Crippen LogP) is -0.312. The van der Waals surface area contributed by atoms with Gasteiger partial charge in [0.05, 0.1) is 11.9 Å². The minimum Gasteiger partial charge on any atom is -0.381 e. The van der Waals surface area contributed by atoms with Crippen molar-refractivity contribution < 1.29 is 19.5 Å². The third-order valence-electron chi connectivity index (χ3n) is 3.79. The number of carbonyl (C=O) groups is 3. The molecular weight excluding hydrogens is 306 g/mol. The maximum Gasteiger partial charge on any atom is 0.254 e. The van der Waals surface area contributed by atoms with Crippen LogP contribution in [0.3, 0.4) is 0 Å². The third kappa shape index (κ3) is 3.92. The molecule has 0 aliphatic carbocycles. The quantitative estimate of drug-likeness (QED) is 0.642. The topological polar surface area (TPSA) is 98.7 Å². The monoisotopic (exact) mass is 331 g/mol. The number of aliphatic hydroxyl groups excluding tert-OH is 1. The summed E-state index contributed by atoms with van der Waals surface area (Å²) in [5.74, 6) is -0.773. The van der Waals surface area contributed by atoms with Gasteiger partial charge in [0.15, 0.2) is 6.10 Å². The van der Waals surface area contributed by atoms with E-state index in [9.17, 15) is 19.5 Å².